The number of alkyl halides is 3. The topological polar surface area (TPSA) is 138 Å². The first-order valence-corrected chi connectivity index (χ1v) is 18.1. The maximum absolute atomic E-state index is 13.1. The minimum Gasteiger partial charge on any atom is -0.478 e. The molecule has 5 atom stereocenters. The summed E-state index contributed by atoms with van der Waals surface area (Å²) in [6.45, 7) is 1.84. The number of halogens is 3. The van der Waals surface area contributed by atoms with E-state index < -0.39 is 36.3 Å². The zero-order valence-electron chi connectivity index (χ0n) is 28.7. The molecule has 0 aliphatic carbocycles. The summed E-state index contributed by atoms with van der Waals surface area (Å²) in [7, 11) is 0. The Hall–Kier alpha value is -4.76. The summed E-state index contributed by atoms with van der Waals surface area (Å²) < 4.78 is 52.4. The second-order valence-electron chi connectivity index (χ2n) is 12.9. The number of nitrogens with one attached hydrogen (secondary N) is 1. The van der Waals surface area contributed by atoms with E-state index in [-0.39, 0.29) is 49.8 Å². The quantitative estimate of drug-likeness (QED) is 0.143. The number of hydrogen-bond acceptors (Lipinski definition) is 8. The van der Waals surface area contributed by atoms with Crippen LogP contribution in [0.2, 0.25) is 0 Å². The number of benzene rings is 3. The van der Waals surface area contributed by atoms with Crippen LogP contribution in [0.15, 0.2) is 96.2 Å². The molecule has 10 nitrogen and oxygen atoms in total. The van der Waals surface area contributed by atoms with Gasteiger partial charge in [-0.2, -0.15) is 13.2 Å². The number of nitrogens with zero attached hydrogens (tertiary/aromatic N) is 2. The van der Waals surface area contributed by atoms with Gasteiger partial charge < -0.3 is 29.9 Å². The van der Waals surface area contributed by atoms with Crippen LogP contribution >= 0.6 is 11.8 Å². The standard InChI is InChI=1S/C39H38F3N3O7S/c1-23-32(22-53-35-30(36(48)49)8-4-18-43-35)51-37(52-33(23)26-12-10-24(21-46)11-13-26)27-16-14-25(15-17-27)29-7-3-2-6-28(29)20-44-34(47)31-9-5-19-45(31)38(50)39(40,41)42/h2-4,6-8,10-18,23,31-33,37,46H,5,9,19-22H2,1H3,(H,44,47)(H,48,49). The number of aromatic carboxylic acids is 1. The van der Waals surface area contributed by atoms with E-state index in [1.165, 1.54) is 17.8 Å². The van der Waals surface area contributed by atoms with Gasteiger partial charge in [0.1, 0.15) is 11.1 Å². The summed E-state index contributed by atoms with van der Waals surface area (Å²) in [4.78, 5) is 41.5. The van der Waals surface area contributed by atoms with Crippen molar-refractivity contribution in [2.24, 2.45) is 5.92 Å². The molecule has 0 bridgehead atoms. The molecule has 4 aromatic rings. The van der Waals surface area contributed by atoms with Crippen molar-refractivity contribution in [1.29, 1.82) is 0 Å². The number of carbonyl (C=O) groups is 3. The van der Waals surface area contributed by atoms with Crippen LogP contribution in [0.25, 0.3) is 11.1 Å². The lowest BCUT2D eigenvalue weighted by Crippen LogP contribution is -2.50. The summed E-state index contributed by atoms with van der Waals surface area (Å²) in [5.41, 5.74) is 4.86. The van der Waals surface area contributed by atoms with E-state index in [4.69, 9.17) is 9.47 Å². The molecule has 2 aliphatic rings. The molecule has 1 aromatic heterocycles. The van der Waals surface area contributed by atoms with E-state index in [0.717, 1.165) is 33.4 Å². The Morgan fingerprint density at radius 3 is 2.38 bits per heavy atom. The zero-order chi connectivity index (χ0) is 37.7. The number of rotatable bonds is 11. The van der Waals surface area contributed by atoms with Crippen molar-refractivity contribution in [3.8, 4) is 11.1 Å². The van der Waals surface area contributed by atoms with Crippen molar-refractivity contribution < 1.29 is 47.2 Å². The van der Waals surface area contributed by atoms with E-state index in [1.807, 2.05) is 73.7 Å². The van der Waals surface area contributed by atoms with Crippen LogP contribution in [0.5, 0.6) is 0 Å². The molecular formula is C39H38F3N3O7S. The van der Waals surface area contributed by atoms with Gasteiger partial charge in [0.25, 0.3) is 0 Å². The summed E-state index contributed by atoms with van der Waals surface area (Å²) >= 11 is 1.30. The highest BCUT2D eigenvalue weighted by atomic mass is 32.2. The van der Waals surface area contributed by atoms with E-state index in [2.05, 4.69) is 10.3 Å². The lowest BCUT2D eigenvalue weighted by atomic mass is 9.91. The van der Waals surface area contributed by atoms with E-state index in [1.54, 1.807) is 18.3 Å². The van der Waals surface area contributed by atoms with Crippen LogP contribution in [-0.2, 0) is 32.2 Å². The Morgan fingerprint density at radius 2 is 1.68 bits per heavy atom. The number of thioether (sulfide) groups is 1. The smallest absolute Gasteiger partial charge is 0.471 e. The molecule has 2 amide bonds. The lowest BCUT2D eigenvalue weighted by Gasteiger charge is -2.41. The SMILES string of the molecule is CC1C(CSc2ncccc2C(=O)O)OC(c2ccc(-c3ccccc3CNC(=O)C3CCCN3C(=O)C(F)(F)F)cc2)OC1c1ccc(CO)cc1. The number of carboxylic acid groups (broad SMARTS) is 1. The fraction of sp³-hybridized carbons (Fsp3) is 0.333. The van der Waals surface area contributed by atoms with Gasteiger partial charge in [-0.3, -0.25) is 9.59 Å². The fourth-order valence-electron chi connectivity index (χ4n) is 6.66. The molecule has 0 saturated carbocycles. The molecule has 2 saturated heterocycles. The van der Waals surface area contributed by atoms with Crippen LogP contribution < -0.4 is 5.32 Å². The van der Waals surface area contributed by atoms with Crippen LogP contribution in [0.3, 0.4) is 0 Å². The molecule has 2 aliphatic heterocycles. The van der Waals surface area contributed by atoms with Crippen molar-refractivity contribution in [3.05, 3.63) is 119 Å². The highest BCUT2D eigenvalue weighted by Gasteiger charge is 2.47. The van der Waals surface area contributed by atoms with E-state index >= 15 is 0 Å². The minimum absolute atomic E-state index is 0.0456. The molecular weight excluding hydrogens is 712 g/mol. The third-order valence-corrected chi connectivity index (χ3v) is 10.6. The van der Waals surface area contributed by atoms with Gasteiger partial charge in [0.05, 0.1) is 24.4 Å². The van der Waals surface area contributed by atoms with Gasteiger partial charge in [-0.05, 0) is 52.8 Å². The summed E-state index contributed by atoms with van der Waals surface area (Å²) in [6, 6.07) is 24.3. The second-order valence-corrected chi connectivity index (χ2v) is 14.0. The normalized spacial score (nSPS) is 21.7. The van der Waals surface area contributed by atoms with Gasteiger partial charge in [0, 0.05) is 36.5 Å². The van der Waals surface area contributed by atoms with Crippen molar-refractivity contribution in [1.82, 2.24) is 15.2 Å². The molecule has 0 radical (unpaired) electrons. The summed E-state index contributed by atoms with van der Waals surface area (Å²) in [6.07, 6.45) is -4.57. The van der Waals surface area contributed by atoms with Gasteiger partial charge >= 0.3 is 18.1 Å². The van der Waals surface area contributed by atoms with E-state index in [9.17, 15) is 37.8 Å². The molecule has 2 fully saturated rings. The van der Waals surface area contributed by atoms with Gasteiger partial charge in [-0.15, -0.1) is 11.8 Å². The van der Waals surface area contributed by atoms with E-state index in [0.29, 0.717) is 22.1 Å². The monoisotopic (exact) mass is 749 g/mol. The Bertz CT molecular complexity index is 1930. The highest BCUT2D eigenvalue weighted by molar-refractivity contribution is 7.99. The average Bonchev–Trinajstić information content (AvgIpc) is 3.66. The first-order chi connectivity index (χ1) is 25.4. The number of aliphatic hydroxyl groups is 1. The first-order valence-electron chi connectivity index (χ1n) is 17.1. The first kappa shape index (κ1) is 38.0. The van der Waals surface area contributed by atoms with Gasteiger partial charge in [0.15, 0.2) is 6.29 Å². The minimum atomic E-state index is -5.05. The molecule has 3 heterocycles. The van der Waals surface area contributed by atoms with Crippen LogP contribution in [0, 0.1) is 5.92 Å². The van der Waals surface area contributed by atoms with Crippen molar-refractivity contribution in [2.45, 2.75) is 68.7 Å². The highest BCUT2D eigenvalue weighted by Crippen LogP contribution is 2.43. The van der Waals surface area contributed by atoms with Gasteiger partial charge in [0.2, 0.25) is 5.91 Å². The van der Waals surface area contributed by atoms with Crippen LogP contribution in [0.1, 0.15) is 64.8 Å². The number of pyridine rings is 1. The lowest BCUT2D eigenvalue weighted by molar-refractivity contribution is -0.268. The molecule has 6 rings (SSSR count). The predicted octanol–water partition coefficient (Wildman–Crippen LogP) is 6.69. The Labute approximate surface area is 308 Å². The Kier molecular flexibility index (Phi) is 11.8. The molecule has 3 N–H and O–H groups in total. The maximum atomic E-state index is 13.1. The number of carboxylic acids is 1. The Morgan fingerprint density at radius 1 is 0.962 bits per heavy atom. The fourth-order valence-corrected chi connectivity index (χ4v) is 7.81. The van der Waals surface area contributed by atoms with Crippen molar-refractivity contribution >= 4 is 29.5 Å². The largest absolute Gasteiger partial charge is 0.478 e. The van der Waals surface area contributed by atoms with Crippen molar-refractivity contribution in [3.63, 3.8) is 0 Å². The number of likely N-dealkylation sites (tertiary alicyclic amines) is 1. The third-order valence-electron chi connectivity index (χ3n) is 9.53. The summed E-state index contributed by atoms with van der Waals surface area (Å²) in [5.74, 6) is -3.44. The molecule has 53 heavy (non-hydrogen) atoms. The molecule has 5 unspecified atom stereocenters. The average molecular weight is 750 g/mol. The number of aliphatic hydroxyl groups excluding tert-OH is 1. The van der Waals surface area contributed by atoms with Crippen LogP contribution in [0.4, 0.5) is 13.2 Å². The third kappa shape index (κ3) is 8.73. The number of hydrogen-bond donors (Lipinski definition) is 3. The summed E-state index contributed by atoms with van der Waals surface area (Å²) in [5, 5.41) is 22.3. The van der Waals surface area contributed by atoms with Crippen LogP contribution in [-0.4, -0.2) is 68.5 Å². The zero-order valence-corrected chi connectivity index (χ0v) is 29.5. The number of amides is 2. The van der Waals surface area contributed by atoms with Gasteiger partial charge in [-0.25, -0.2) is 9.78 Å². The molecule has 278 valence electrons. The van der Waals surface area contributed by atoms with Gasteiger partial charge in [-0.1, -0.05) is 79.7 Å². The molecule has 3 aromatic carbocycles. The molecule has 14 heteroatoms. The van der Waals surface area contributed by atoms with Crippen molar-refractivity contribution in [2.75, 3.05) is 12.3 Å². The maximum Gasteiger partial charge on any atom is 0.471 e. The number of aromatic nitrogens is 1. The second kappa shape index (κ2) is 16.5. The predicted molar refractivity (Wildman–Crippen MR) is 189 cm³/mol. The number of carbonyl (C=O) groups excluding carboxylic acids is 2. The Balaban J connectivity index is 1.19. The number of ether oxygens (including phenoxy) is 2. The molecule has 0 spiro atoms.